The van der Waals surface area contributed by atoms with E-state index in [0.29, 0.717) is 12.0 Å². The molecule has 0 atom stereocenters. The minimum Gasteiger partial charge on any atom is -0.395 e. The summed E-state index contributed by atoms with van der Waals surface area (Å²) < 4.78 is 26.2. The van der Waals surface area contributed by atoms with E-state index in [1.54, 1.807) is 26.2 Å². The molecule has 0 saturated heterocycles. The molecule has 0 bridgehead atoms. The first-order chi connectivity index (χ1) is 9.86. The van der Waals surface area contributed by atoms with E-state index in [2.05, 4.69) is 16.6 Å². The number of carbonyl (C=O) groups is 1. The summed E-state index contributed by atoms with van der Waals surface area (Å²) in [4.78, 5) is 12.8. The molecular formula is C14H18N2O4S. The van der Waals surface area contributed by atoms with Crippen molar-refractivity contribution in [3.63, 3.8) is 0 Å². The van der Waals surface area contributed by atoms with E-state index in [9.17, 15) is 13.2 Å². The Balaban J connectivity index is 2.76. The summed E-state index contributed by atoms with van der Waals surface area (Å²) >= 11 is 0. The van der Waals surface area contributed by atoms with Crippen LogP contribution >= 0.6 is 0 Å². The third-order valence-corrected chi connectivity index (χ3v) is 3.96. The van der Waals surface area contributed by atoms with Crippen molar-refractivity contribution in [2.75, 3.05) is 27.2 Å². The van der Waals surface area contributed by atoms with Crippen LogP contribution < -0.4 is 4.72 Å². The van der Waals surface area contributed by atoms with Crippen LogP contribution in [0.1, 0.15) is 12.0 Å². The average molecular weight is 310 g/mol. The second kappa shape index (κ2) is 7.78. The Labute approximate surface area is 124 Å². The molecule has 1 amide bonds. The van der Waals surface area contributed by atoms with E-state index in [1.807, 2.05) is 0 Å². The van der Waals surface area contributed by atoms with Gasteiger partial charge in [0, 0.05) is 26.1 Å². The molecule has 0 aliphatic heterocycles. The first-order valence-corrected chi connectivity index (χ1v) is 7.75. The van der Waals surface area contributed by atoms with Crippen molar-refractivity contribution < 1.29 is 18.3 Å². The van der Waals surface area contributed by atoms with Crippen molar-refractivity contribution >= 4 is 15.9 Å². The third kappa shape index (κ3) is 5.55. The normalized spacial score (nSPS) is 10.6. The maximum Gasteiger partial charge on any atom is 0.241 e. The predicted molar refractivity (Wildman–Crippen MR) is 78.9 cm³/mol. The van der Waals surface area contributed by atoms with E-state index in [-0.39, 0.29) is 24.0 Å². The average Bonchev–Trinajstić information content (AvgIpc) is 2.45. The number of hydrogen-bond acceptors (Lipinski definition) is 4. The molecule has 114 valence electrons. The van der Waals surface area contributed by atoms with Crippen molar-refractivity contribution in [3.8, 4) is 11.8 Å². The van der Waals surface area contributed by atoms with Crippen LogP contribution in [0.25, 0.3) is 0 Å². The molecule has 0 aliphatic carbocycles. The van der Waals surface area contributed by atoms with Gasteiger partial charge in [0.15, 0.2) is 0 Å². The SMILES string of the molecule is CN(C)C(=O)CNS(=O)(=O)c1ccc(C#CCCO)cc1. The van der Waals surface area contributed by atoms with Crippen LogP contribution in [-0.4, -0.2) is 51.6 Å². The molecule has 21 heavy (non-hydrogen) atoms. The Morgan fingerprint density at radius 3 is 2.43 bits per heavy atom. The van der Waals surface area contributed by atoms with Gasteiger partial charge in [-0.3, -0.25) is 4.79 Å². The monoisotopic (exact) mass is 310 g/mol. The lowest BCUT2D eigenvalue weighted by atomic mass is 10.2. The number of carbonyl (C=O) groups excluding carboxylic acids is 1. The summed E-state index contributed by atoms with van der Waals surface area (Å²) in [6.07, 6.45) is 0.369. The molecule has 0 aliphatic rings. The molecule has 2 N–H and O–H groups in total. The van der Waals surface area contributed by atoms with Crippen LogP contribution in [0, 0.1) is 11.8 Å². The Bertz CT molecular complexity index is 640. The van der Waals surface area contributed by atoms with Gasteiger partial charge in [0.2, 0.25) is 15.9 Å². The predicted octanol–water partition coefficient (Wildman–Crippen LogP) is -0.213. The van der Waals surface area contributed by atoms with Crippen LogP contribution in [0.5, 0.6) is 0 Å². The molecule has 1 aromatic rings. The molecule has 1 rings (SSSR count). The number of rotatable bonds is 5. The highest BCUT2D eigenvalue weighted by atomic mass is 32.2. The van der Waals surface area contributed by atoms with Gasteiger partial charge in [0.25, 0.3) is 0 Å². The molecule has 0 radical (unpaired) electrons. The highest BCUT2D eigenvalue weighted by Crippen LogP contribution is 2.09. The fraction of sp³-hybridized carbons (Fsp3) is 0.357. The highest BCUT2D eigenvalue weighted by molar-refractivity contribution is 7.89. The topological polar surface area (TPSA) is 86.7 Å². The maximum absolute atomic E-state index is 12.0. The summed E-state index contributed by atoms with van der Waals surface area (Å²) in [6.45, 7) is -0.295. The second-order valence-electron chi connectivity index (χ2n) is 4.41. The first-order valence-electron chi connectivity index (χ1n) is 6.26. The number of hydrogen-bond donors (Lipinski definition) is 2. The smallest absolute Gasteiger partial charge is 0.241 e. The molecule has 7 heteroatoms. The van der Waals surface area contributed by atoms with Crippen molar-refractivity contribution in [1.29, 1.82) is 0 Å². The zero-order chi connectivity index (χ0) is 15.9. The van der Waals surface area contributed by atoms with Crippen molar-refractivity contribution in [2.45, 2.75) is 11.3 Å². The number of amides is 1. The molecule has 0 saturated carbocycles. The Kier molecular flexibility index (Phi) is 6.37. The van der Waals surface area contributed by atoms with Crippen LogP contribution in [0.2, 0.25) is 0 Å². The number of likely N-dealkylation sites (N-methyl/N-ethyl adjacent to an activating group) is 1. The molecule has 0 fully saturated rings. The summed E-state index contributed by atoms with van der Waals surface area (Å²) in [6, 6.07) is 6.00. The zero-order valence-electron chi connectivity index (χ0n) is 12.0. The highest BCUT2D eigenvalue weighted by Gasteiger charge is 2.15. The Hall–Kier alpha value is -1.88. The van der Waals surface area contributed by atoms with Gasteiger partial charge in [0.05, 0.1) is 18.0 Å². The standard InChI is InChI=1S/C14H18N2O4S/c1-16(2)14(18)11-15-21(19,20)13-8-6-12(7-9-13)5-3-4-10-17/h6-9,15,17H,4,10-11H2,1-2H3. The lowest BCUT2D eigenvalue weighted by molar-refractivity contribution is -0.127. The first kappa shape index (κ1) is 17.2. The summed E-state index contributed by atoms with van der Waals surface area (Å²) in [7, 11) is -0.612. The molecule has 0 heterocycles. The fourth-order valence-corrected chi connectivity index (χ4v) is 2.31. The van der Waals surface area contributed by atoms with Crippen LogP contribution in [-0.2, 0) is 14.8 Å². The molecule has 0 unspecified atom stereocenters. The van der Waals surface area contributed by atoms with E-state index in [4.69, 9.17) is 5.11 Å². The fourth-order valence-electron chi connectivity index (χ4n) is 1.34. The molecule has 1 aromatic carbocycles. The number of aliphatic hydroxyl groups is 1. The summed E-state index contributed by atoms with van der Waals surface area (Å²) in [5.41, 5.74) is 0.659. The number of benzene rings is 1. The van der Waals surface area contributed by atoms with Crippen LogP contribution in [0.4, 0.5) is 0 Å². The van der Waals surface area contributed by atoms with Crippen molar-refractivity contribution in [3.05, 3.63) is 29.8 Å². The minimum absolute atomic E-state index is 0.0106. The van der Waals surface area contributed by atoms with Gasteiger partial charge in [0.1, 0.15) is 0 Å². The number of aliphatic hydroxyl groups excluding tert-OH is 1. The van der Waals surface area contributed by atoms with Gasteiger partial charge in [-0.25, -0.2) is 13.1 Å². The maximum atomic E-state index is 12.0. The lowest BCUT2D eigenvalue weighted by Gasteiger charge is -2.11. The Morgan fingerprint density at radius 1 is 1.29 bits per heavy atom. The minimum atomic E-state index is -3.72. The van der Waals surface area contributed by atoms with E-state index in [0.717, 1.165) is 0 Å². The van der Waals surface area contributed by atoms with E-state index in [1.165, 1.54) is 17.0 Å². The van der Waals surface area contributed by atoms with Gasteiger partial charge in [-0.1, -0.05) is 11.8 Å². The summed E-state index contributed by atoms with van der Waals surface area (Å²) in [5.74, 6) is 5.22. The van der Waals surface area contributed by atoms with Gasteiger partial charge in [-0.15, -0.1) is 0 Å². The van der Waals surface area contributed by atoms with Gasteiger partial charge in [-0.05, 0) is 24.3 Å². The van der Waals surface area contributed by atoms with Gasteiger partial charge >= 0.3 is 0 Å². The lowest BCUT2D eigenvalue weighted by Crippen LogP contribution is -2.36. The number of sulfonamides is 1. The molecular weight excluding hydrogens is 292 g/mol. The number of nitrogens with one attached hydrogen (secondary N) is 1. The van der Waals surface area contributed by atoms with Crippen LogP contribution in [0.15, 0.2) is 29.2 Å². The van der Waals surface area contributed by atoms with E-state index < -0.39 is 10.0 Å². The van der Waals surface area contributed by atoms with Crippen molar-refractivity contribution in [1.82, 2.24) is 9.62 Å². The van der Waals surface area contributed by atoms with Gasteiger partial charge in [-0.2, -0.15) is 0 Å². The summed E-state index contributed by atoms with van der Waals surface area (Å²) in [5, 5.41) is 8.62. The van der Waals surface area contributed by atoms with Crippen LogP contribution in [0.3, 0.4) is 0 Å². The van der Waals surface area contributed by atoms with Crippen molar-refractivity contribution in [2.24, 2.45) is 0 Å². The molecule has 6 nitrogen and oxygen atoms in total. The zero-order valence-corrected chi connectivity index (χ0v) is 12.8. The largest absolute Gasteiger partial charge is 0.395 e. The van der Waals surface area contributed by atoms with E-state index >= 15 is 0 Å². The third-order valence-electron chi connectivity index (χ3n) is 2.55. The Morgan fingerprint density at radius 2 is 1.90 bits per heavy atom. The number of nitrogens with zero attached hydrogens (tertiary/aromatic N) is 1. The van der Waals surface area contributed by atoms with Gasteiger partial charge < -0.3 is 10.0 Å². The quantitative estimate of drug-likeness (QED) is 0.737. The molecule has 0 spiro atoms. The molecule has 0 aromatic heterocycles. The second-order valence-corrected chi connectivity index (χ2v) is 6.18.